The Bertz CT molecular complexity index is 682. The van der Waals surface area contributed by atoms with Crippen molar-refractivity contribution in [1.29, 1.82) is 5.26 Å². The molecule has 0 bridgehead atoms. The van der Waals surface area contributed by atoms with Crippen LogP contribution in [0.3, 0.4) is 0 Å². The fourth-order valence-electron chi connectivity index (χ4n) is 1.59. The third-order valence-electron chi connectivity index (χ3n) is 2.55. The molecule has 0 aliphatic heterocycles. The summed E-state index contributed by atoms with van der Waals surface area (Å²) >= 11 is 6.83. The molecule has 100 valence electrons. The molecule has 1 aromatic heterocycles. The number of pyridine rings is 1. The molecule has 0 saturated carbocycles. The molecule has 0 saturated heterocycles. The van der Waals surface area contributed by atoms with Gasteiger partial charge in [-0.25, -0.2) is 4.98 Å². The number of halogens is 2. The smallest absolute Gasteiger partial charge is 0.274 e. The highest BCUT2D eigenvalue weighted by atomic mass is 79.9. The molecule has 0 atom stereocenters. The molecule has 0 spiro atoms. The average molecular weight is 395 g/mol. The van der Waals surface area contributed by atoms with E-state index in [1.807, 2.05) is 25.1 Å². The number of amides is 1. The van der Waals surface area contributed by atoms with E-state index >= 15 is 0 Å². The number of nitriles is 1. The number of nitrogens with zero attached hydrogens (tertiary/aromatic N) is 2. The van der Waals surface area contributed by atoms with Crippen molar-refractivity contribution in [3.8, 4) is 6.07 Å². The molecule has 2 aromatic rings. The Balaban J connectivity index is 2.26. The molecular formula is C14H9Br2N3O. The second-order valence-corrected chi connectivity index (χ2v) is 5.81. The predicted molar refractivity (Wildman–Crippen MR) is 83.5 cm³/mol. The molecule has 2 rings (SSSR count). The maximum atomic E-state index is 12.1. The summed E-state index contributed by atoms with van der Waals surface area (Å²) in [7, 11) is 0. The van der Waals surface area contributed by atoms with E-state index in [1.54, 1.807) is 6.07 Å². The fourth-order valence-corrected chi connectivity index (χ4v) is 3.20. The van der Waals surface area contributed by atoms with Crippen LogP contribution in [0.4, 0.5) is 5.69 Å². The number of aryl methyl sites for hydroxylation is 1. The van der Waals surface area contributed by atoms with E-state index in [-0.39, 0.29) is 11.6 Å². The van der Waals surface area contributed by atoms with Crippen LogP contribution in [-0.2, 0) is 0 Å². The van der Waals surface area contributed by atoms with Gasteiger partial charge in [0.05, 0.1) is 11.3 Å². The largest absolute Gasteiger partial charge is 0.319 e. The second kappa shape index (κ2) is 6.16. The minimum atomic E-state index is -0.334. The molecule has 20 heavy (non-hydrogen) atoms. The minimum absolute atomic E-state index is 0.253. The van der Waals surface area contributed by atoms with E-state index in [0.717, 1.165) is 14.5 Å². The summed E-state index contributed by atoms with van der Waals surface area (Å²) in [6, 6.07) is 8.85. The van der Waals surface area contributed by atoms with Crippen molar-refractivity contribution in [2.24, 2.45) is 0 Å². The Morgan fingerprint density at radius 3 is 2.45 bits per heavy atom. The molecule has 1 N–H and O–H groups in total. The molecule has 1 aromatic carbocycles. The quantitative estimate of drug-likeness (QED) is 0.835. The number of hydrogen-bond donors (Lipinski definition) is 1. The Hall–Kier alpha value is -1.71. The van der Waals surface area contributed by atoms with Gasteiger partial charge in [0.25, 0.3) is 5.91 Å². The van der Waals surface area contributed by atoms with Crippen molar-refractivity contribution in [3.05, 3.63) is 56.2 Å². The van der Waals surface area contributed by atoms with Crippen molar-refractivity contribution in [1.82, 2.24) is 4.98 Å². The van der Waals surface area contributed by atoms with E-state index in [4.69, 9.17) is 5.26 Å². The maximum absolute atomic E-state index is 12.1. The van der Waals surface area contributed by atoms with Gasteiger partial charge in [0.1, 0.15) is 11.8 Å². The van der Waals surface area contributed by atoms with Crippen molar-refractivity contribution in [3.63, 3.8) is 0 Å². The first-order chi connectivity index (χ1) is 9.51. The number of hydrogen-bond acceptors (Lipinski definition) is 3. The lowest BCUT2D eigenvalue weighted by Gasteiger charge is -2.10. The topological polar surface area (TPSA) is 65.8 Å². The van der Waals surface area contributed by atoms with Gasteiger partial charge in [0.15, 0.2) is 0 Å². The molecule has 1 amide bonds. The van der Waals surface area contributed by atoms with Gasteiger partial charge in [-0.05, 0) is 68.6 Å². The number of rotatable bonds is 2. The predicted octanol–water partition coefficient (Wildman–Crippen LogP) is 4.04. The highest BCUT2D eigenvalue weighted by Gasteiger charge is 2.12. The van der Waals surface area contributed by atoms with Gasteiger partial charge < -0.3 is 5.32 Å². The highest BCUT2D eigenvalue weighted by molar-refractivity contribution is 9.11. The Morgan fingerprint density at radius 1 is 1.30 bits per heavy atom. The first-order valence-corrected chi connectivity index (χ1v) is 7.23. The summed E-state index contributed by atoms with van der Waals surface area (Å²) < 4.78 is 1.57. The lowest BCUT2D eigenvalue weighted by atomic mass is 10.2. The number of nitrogens with one attached hydrogen (secondary N) is 1. The summed E-state index contributed by atoms with van der Waals surface area (Å²) in [5, 5.41) is 11.5. The van der Waals surface area contributed by atoms with Gasteiger partial charge in [-0.3, -0.25) is 4.79 Å². The SMILES string of the molecule is Cc1cc(Br)c(NC(=O)c2ccc(C#N)cn2)c(Br)c1. The fraction of sp³-hybridized carbons (Fsp3) is 0.0714. The van der Waals surface area contributed by atoms with Gasteiger partial charge in [-0.15, -0.1) is 0 Å². The normalized spacial score (nSPS) is 9.90. The zero-order valence-electron chi connectivity index (χ0n) is 10.4. The number of anilines is 1. The Labute approximate surface area is 133 Å². The lowest BCUT2D eigenvalue weighted by molar-refractivity contribution is 0.102. The van der Waals surface area contributed by atoms with Crippen LogP contribution in [-0.4, -0.2) is 10.9 Å². The molecule has 6 heteroatoms. The summed E-state index contributed by atoms with van der Waals surface area (Å²) in [6.07, 6.45) is 1.37. The highest BCUT2D eigenvalue weighted by Crippen LogP contribution is 2.32. The maximum Gasteiger partial charge on any atom is 0.274 e. The summed E-state index contributed by atoms with van der Waals surface area (Å²) in [4.78, 5) is 16.1. The molecule has 1 heterocycles. The first kappa shape index (κ1) is 14.7. The van der Waals surface area contributed by atoms with E-state index in [0.29, 0.717) is 11.3 Å². The van der Waals surface area contributed by atoms with Crippen LogP contribution in [0.2, 0.25) is 0 Å². The van der Waals surface area contributed by atoms with Gasteiger partial charge >= 0.3 is 0 Å². The average Bonchev–Trinajstić information content (AvgIpc) is 2.42. The van der Waals surface area contributed by atoms with Gasteiger partial charge in [-0.2, -0.15) is 5.26 Å². The number of carbonyl (C=O) groups is 1. The second-order valence-electron chi connectivity index (χ2n) is 4.10. The monoisotopic (exact) mass is 393 g/mol. The van der Waals surface area contributed by atoms with Crippen LogP contribution in [0.15, 0.2) is 39.4 Å². The van der Waals surface area contributed by atoms with Crippen LogP contribution in [0.25, 0.3) is 0 Å². The molecule has 0 unspecified atom stereocenters. The van der Waals surface area contributed by atoms with Crippen molar-refractivity contribution < 1.29 is 4.79 Å². The zero-order chi connectivity index (χ0) is 14.7. The molecule has 0 aliphatic carbocycles. The van der Waals surface area contributed by atoms with Crippen LogP contribution in [0.5, 0.6) is 0 Å². The summed E-state index contributed by atoms with van der Waals surface area (Å²) in [5.41, 5.74) is 2.38. The Morgan fingerprint density at radius 2 is 1.95 bits per heavy atom. The van der Waals surface area contributed by atoms with Crippen molar-refractivity contribution in [2.75, 3.05) is 5.32 Å². The van der Waals surface area contributed by atoms with Crippen molar-refractivity contribution in [2.45, 2.75) is 6.92 Å². The molecule has 0 fully saturated rings. The standard InChI is InChI=1S/C14H9Br2N3O/c1-8-4-10(15)13(11(16)5-8)19-14(20)12-3-2-9(6-17)7-18-12/h2-5,7H,1H3,(H,19,20). The van der Waals surface area contributed by atoms with Crippen molar-refractivity contribution >= 4 is 43.5 Å². The van der Waals surface area contributed by atoms with Crippen LogP contribution in [0.1, 0.15) is 21.6 Å². The van der Waals surface area contributed by atoms with E-state index < -0.39 is 0 Å². The summed E-state index contributed by atoms with van der Waals surface area (Å²) in [6.45, 7) is 1.96. The molecule has 0 aliphatic rings. The zero-order valence-corrected chi connectivity index (χ0v) is 13.6. The van der Waals surface area contributed by atoms with Crippen LogP contribution < -0.4 is 5.32 Å². The molecule has 0 radical (unpaired) electrons. The summed E-state index contributed by atoms with van der Waals surface area (Å²) in [5.74, 6) is -0.334. The van der Waals surface area contributed by atoms with E-state index in [1.165, 1.54) is 12.3 Å². The lowest BCUT2D eigenvalue weighted by Crippen LogP contribution is -2.14. The molecule has 4 nitrogen and oxygen atoms in total. The van der Waals surface area contributed by atoms with Gasteiger partial charge in [0, 0.05) is 15.1 Å². The third kappa shape index (κ3) is 3.24. The number of aromatic nitrogens is 1. The third-order valence-corrected chi connectivity index (χ3v) is 3.80. The minimum Gasteiger partial charge on any atom is -0.319 e. The van der Waals surface area contributed by atoms with E-state index in [9.17, 15) is 4.79 Å². The van der Waals surface area contributed by atoms with Crippen LogP contribution in [0, 0.1) is 18.3 Å². The van der Waals surface area contributed by atoms with Gasteiger partial charge in [-0.1, -0.05) is 0 Å². The number of carbonyl (C=O) groups excluding carboxylic acids is 1. The van der Waals surface area contributed by atoms with E-state index in [2.05, 4.69) is 42.2 Å². The first-order valence-electron chi connectivity index (χ1n) is 5.64. The van der Waals surface area contributed by atoms with Gasteiger partial charge in [0.2, 0.25) is 0 Å². The Kier molecular flexibility index (Phi) is 4.53. The molecular weight excluding hydrogens is 386 g/mol. The number of benzene rings is 1. The van der Waals surface area contributed by atoms with Crippen LogP contribution >= 0.6 is 31.9 Å².